The summed E-state index contributed by atoms with van der Waals surface area (Å²) in [4.78, 5) is 16.3. The number of para-hydroxylation sites is 1. The molecule has 0 fully saturated rings. The Morgan fingerprint density at radius 2 is 1.95 bits per heavy atom. The van der Waals surface area contributed by atoms with E-state index in [-0.39, 0.29) is 17.8 Å². The molecule has 0 aliphatic heterocycles. The van der Waals surface area contributed by atoms with Gasteiger partial charge in [0.2, 0.25) is 0 Å². The molecule has 0 unspecified atom stereocenters. The van der Waals surface area contributed by atoms with Crippen LogP contribution in [0.15, 0.2) is 54.2 Å². The highest BCUT2D eigenvalue weighted by Crippen LogP contribution is 2.28. The van der Waals surface area contributed by atoms with E-state index in [9.17, 15) is 10.1 Å². The lowest BCUT2D eigenvalue weighted by atomic mass is 9.92. The molecule has 0 saturated heterocycles. The molecule has 0 bridgehead atoms. The molecular formula is C16H11N3O. The van der Waals surface area contributed by atoms with Crippen molar-refractivity contribution in [2.75, 3.05) is 5.32 Å². The van der Waals surface area contributed by atoms with Crippen molar-refractivity contribution >= 4 is 17.2 Å². The number of ketones is 1. The van der Waals surface area contributed by atoms with E-state index in [1.54, 1.807) is 12.3 Å². The third kappa shape index (κ3) is 2.06. The first kappa shape index (κ1) is 12.1. The van der Waals surface area contributed by atoms with Crippen molar-refractivity contribution < 1.29 is 4.79 Å². The number of Topliss-reactive ketones (excluding diaryl/α,β-unsaturated/α-hetero) is 1. The second-order valence-corrected chi connectivity index (χ2v) is 4.46. The van der Waals surface area contributed by atoms with Gasteiger partial charge in [-0.1, -0.05) is 24.3 Å². The van der Waals surface area contributed by atoms with E-state index < -0.39 is 0 Å². The van der Waals surface area contributed by atoms with Crippen molar-refractivity contribution in [1.82, 2.24) is 4.98 Å². The Morgan fingerprint density at radius 3 is 2.70 bits per heavy atom. The van der Waals surface area contributed by atoms with Crippen LogP contribution in [0.1, 0.15) is 11.3 Å². The number of nitriles is 1. The molecule has 1 aromatic heterocycles. The van der Waals surface area contributed by atoms with E-state index in [0.717, 1.165) is 11.3 Å². The van der Waals surface area contributed by atoms with Crippen molar-refractivity contribution in [3.05, 3.63) is 65.5 Å². The Bertz CT molecular complexity index is 742. The predicted molar refractivity (Wildman–Crippen MR) is 75.5 cm³/mol. The first-order valence-electron chi connectivity index (χ1n) is 6.23. The Balaban J connectivity index is 2.13. The zero-order valence-corrected chi connectivity index (χ0v) is 10.6. The summed E-state index contributed by atoms with van der Waals surface area (Å²) < 4.78 is 0. The summed E-state index contributed by atoms with van der Waals surface area (Å²) >= 11 is 0. The molecule has 0 saturated carbocycles. The normalized spacial score (nSPS) is 13.7. The van der Waals surface area contributed by atoms with Crippen LogP contribution in [0.2, 0.25) is 0 Å². The van der Waals surface area contributed by atoms with Gasteiger partial charge in [-0.15, -0.1) is 0 Å². The number of fused-ring (bicyclic) bond motifs is 1. The molecule has 96 valence electrons. The zero-order chi connectivity index (χ0) is 13.9. The number of allylic oxidation sites excluding steroid dienone is 1. The number of anilines is 1. The zero-order valence-electron chi connectivity index (χ0n) is 10.6. The maximum Gasteiger partial charge on any atom is 0.180 e. The molecule has 1 aliphatic carbocycles. The van der Waals surface area contributed by atoms with E-state index >= 15 is 0 Å². The lowest BCUT2D eigenvalue weighted by molar-refractivity contribution is -0.114. The van der Waals surface area contributed by atoms with Gasteiger partial charge in [0.25, 0.3) is 0 Å². The lowest BCUT2D eigenvalue weighted by Crippen LogP contribution is -2.19. The molecule has 0 radical (unpaired) electrons. The third-order valence-electron chi connectivity index (χ3n) is 3.16. The van der Waals surface area contributed by atoms with Gasteiger partial charge >= 0.3 is 0 Å². The molecule has 1 aliphatic rings. The number of pyridine rings is 1. The summed E-state index contributed by atoms with van der Waals surface area (Å²) in [6.07, 6.45) is 1.89. The topological polar surface area (TPSA) is 65.8 Å². The number of nitrogens with one attached hydrogen (secondary N) is 1. The summed E-state index contributed by atoms with van der Waals surface area (Å²) in [7, 11) is 0. The molecule has 0 amide bonds. The highest BCUT2D eigenvalue weighted by Gasteiger charge is 2.26. The summed E-state index contributed by atoms with van der Waals surface area (Å²) in [6, 6.07) is 15.1. The van der Waals surface area contributed by atoms with Crippen molar-refractivity contribution in [3.63, 3.8) is 0 Å². The van der Waals surface area contributed by atoms with Crippen molar-refractivity contribution in [1.29, 1.82) is 5.26 Å². The molecule has 20 heavy (non-hydrogen) atoms. The molecule has 1 heterocycles. The van der Waals surface area contributed by atoms with Crippen LogP contribution in [0.4, 0.5) is 5.69 Å². The van der Waals surface area contributed by atoms with Gasteiger partial charge in [-0.05, 0) is 23.8 Å². The minimum atomic E-state index is -0.175. The Kier molecular flexibility index (Phi) is 3.02. The minimum absolute atomic E-state index is 0.139. The van der Waals surface area contributed by atoms with Crippen LogP contribution in [-0.2, 0) is 11.2 Å². The van der Waals surface area contributed by atoms with Gasteiger partial charge in [0.1, 0.15) is 11.6 Å². The molecule has 3 rings (SSSR count). The standard InChI is InChI=1S/C16H11N3O/c17-10-13-14(20)9-11-5-4-8-18-15(11)16(13)19-12-6-2-1-3-7-12/h1-8,19H,9H2. The number of carbonyl (C=O) groups excluding carboxylic acids is 1. The minimum Gasteiger partial charge on any atom is -0.353 e. The Labute approximate surface area is 116 Å². The van der Waals surface area contributed by atoms with E-state index in [1.165, 1.54) is 0 Å². The summed E-state index contributed by atoms with van der Waals surface area (Å²) in [6.45, 7) is 0. The van der Waals surface area contributed by atoms with Crippen LogP contribution in [0.5, 0.6) is 0 Å². The average Bonchev–Trinajstić information content (AvgIpc) is 2.48. The SMILES string of the molecule is N#CC1=C(Nc2ccccc2)c2ncccc2CC1=O. The summed E-state index contributed by atoms with van der Waals surface area (Å²) in [5, 5.41) is 12.4. The van der Waals surface area contributed by atoms with Crippen molar-refractivity contribution in [3.8, 4) is 6.07 Å². The second-order valence-electron chi connectivity index (χ2n) is 4.46. The molecule has 1 aromatic carbocycles. The number of rotatable bonds is 2. The molecule has 0 spiro atoms. The molecule has 2 aromatic rings. The van der Waals surface area contributed by atoms with Crippen LogP contribution < -0.4 is 5.32 Å². The van der Waals surface area contributed by atoms with Crippen LogP contribution in [0.25, 0.3) is 5.70 Å². The first-order chi connectivity index (χ1) is 9.79. The van der Waals surface area contributed by atoms with E-state index in [4.69, 9.17) is 0 Å². The largest absolute Gasteiger partial charge is 0.353 e. The summed E-state index contributed by atoms with van der Waals surface area (Å²) in [5.74, 6) is -0.175. The van der Waals surface area contributed by atoms with Gasteiger partial charge in [0.05, 0.1) is 11.4 Å². The number of aromatic nitrogens is 1. The predicted octanol–water partition coefficient (Wildman–Crippen LogP) is 2.55. The van der Waals surface area contributed by atoms with Gasteiger partial charge in [-0.2, -0.15) is 5.26 Å². The van der Waals surface area contributed by atoms with E-state index in [0.29, 0.717) is 11.4 Å². The van der Waals surface area contributed by atoms with Crippen LogP contribution in [0.3, 0.4) is 0 Å². The Morgan fingerprint density at radius 1 is 1.15 bits per heavy atom. The second kappa shape index (κ2) is 4.98. The molecule has 0 atom stereocenters. The molecule has 4 heteroatoms. The van der Waals surface area contributed by atoms with Gasteiger partial charge in [0, 0.05) is 18.3 Å². The number of benzene rings is 1. The van der Waals surface area contributed by atoms with Crippen LogP contribution in [0, 0.1) is 11.3 Å². The van der Waals surface area contributed by atoms with Gasteiger partial charge in [-0.3, -0.25) is 9.78 Å². The fourth-order valence-corrected chi connectivity index (χ4v) is 2.23. The van der Waals surface area contributed by atoms with Gasteiger partial charge in [0.15, 0.2) is 5.78 Å². The quantitative estimate of drug-likeness (QED) is 0.902. The monoisotopic (exact) mass is 261 g/mol. The molecular weight excluding hydrogens is 250 g/mol. The highest BCUT2D eigenvalue weighted by atomic mass is 16.1. The maximum absolute atomic E-state index is 12.0. The van der Waals surface area contributed by atoms with Gasteiger partial charge in [-0.25, -0.2) is 0 Å². The van der Waals surface area contributed by atoms with Crippen molar-refractivity contribution in [2.45, 2.75) is 6.42 Å². The average molecular weight is 261 g/mol. The maximum atomic E-state index is 12.0. The molecule has 1 N–H and O–H groups in total. The Hall–Kier alpha value is -2.93. The first-order valence-corrected chi connectivity index (χ1v) is 6.23. The molecule has 4 nitrogen and oxygen atoms in total. The fraction of sp³-hybridized carbons (Fsp3) is 0.0625. The summed E-state index contributed by atoms with van der Waals surface area (Å²) in [5.41, 5.74) is 2.97. The number of carbonyl (C=O) groups is 1. The van der Waals surface area contributed by atoms with Gasteiger partial charge < -0.3 is 5.32 Å². The smallest absolute Gasteiger partial charge is 0.180 e. The van der Waals surface area contributed by atoms with Crippen molar-refractivity contribution in [2.24, 2.45) is 0 Å². The number of nitrogens with zero attached hydrogens (tertiary/aromatic N) is 2. The van der Waals surface area contributed by atoms with Crippen LogP contribution >= 0.6 is 0 Å². The number of hydrogen-bond acceptors (Lipinski definition) is 4. The number of hydrogen-bond donors (Lipinski definition) is 1. The third-order valence-corrected chi connectivity index (χ3v) is 3.16. The van der Waals surface area contributed by atoms with E-state index in [2.05, 4.69) is 10.3 Å². The van der Waals surface area contributed by atoms with E-state index in [1.807, 2.05) is 42.5 Å². The lowest BCUT2D eigenvalue weighted by Gasteiger charge is -2.19. The highest BCUT2D eigenvalue weighted by molar-refractivity contribution is 6.11. The van der Waals surface area contributed by atoms with Crippen LogP contribution in [-0.4, -0.2) is 10.8 Å². The fourth-order valence-electron chi connectivity index (χ4n) is 2.23.